The Morgan fingerprint density at radius 1 is 1.27 bits per heavy atom. The second-order valence-corrected chi connectivity index (χ2v) is 7.68. The van der Waals surface area contributed by atoms with Crippen LogP contribution in [0.3, 0.4) is 0 Å². The lowest BCUT2D eigenvalue weighted by atomic mass is 10.1. The number of benzene rings is 1. The molecule has 4 rings (SSSR count). The number of amides is 2. The van der Waals surface area contributed by atoms with Gasteiger partial charge in [-0.1, -0.05) is 12.1 Å². The van der Waals surface area contributed by atoms with E-state index in [-0.39, 0.29) is 30.6 Å². The van der Waals surface area contributed by atoms with Crippen LogP contribution in [0.1, 0.15) is 17.5 Å². The number of aryl methyl sites for hydroxylation is 1. The van der Waals surface area contributed by atoms with Crippen molar-refractivity contribution in [3.05, 3.63) is 53.5 Å². The Bertz CT molecular complexity index is 928. The molecule has 30 heavy (non-hydrogen) atoms. The normalized spacial score (nSPS) is 19.3. The molecule has 0 spiro atoms. The topological polar surface area (TPSA) is 74.8 Å². The Kier molecular flexibility index (Phi) is 5.94. The molecule has 1 aromatic carbocycles. The third kappa shape index (κ3) is 4.43. The molecule has 2 saturated heterocycles. The smallest absolute Gasteiger partial charge is 0.227 e. The third-order valence-electron chi connectivity index (χ3n) is 5.57. The van der Waals surface area contributed by atoms with Gasteiger partial charge >= 0.3 is 0 Å². The molecular formula is C22H25FN4O3. The largest absolute Gasteiger partial charge is 0.378 e. The highest BCUT2D eigenvalue weighted by atomic mass is 19.1. The van der Waals surface area contributed by atoms with E-state index in [9.17, 15) is 14.0 Å². The number of morpholine rings is 1. The van der Waals surface area contributed by atoms with Gasteiger partial charge in [0.2, 0.25) is 11.8 Å². The van der Waals surface area contributed by atoms with E-state index in [4.69, 9.17) is 4.74 Å². The van der Waals surface area contributed by atoms with Crippen LogP contribution in [0.25, 0.3) is 0 Å². The van der Waals surface area contributed by atoms with Gasteiger partial charge in [-0.05, 0) is 36.2 Å². The Balaban J connectivity index is 1.32. The minimum atomic E-state index is -0.456. The van der Waals surface area contributed by atoms with Gasteiger partial charge in [-0.25, -0.2) is 9.37 Å². The number of ether oxygens (including phenoxy) is 1. The van der Waals surface area contributed by atoms with Gasteiger partial charge < -0.3 is 19.9 Å². The number of aromatic nitrogens is 1. The van der Waals surface area contributed by atoms with Crippen LogP contribution in [0, 0.1) is 18.7 Å². The molecule has 2 aliphatic heterocycles. The number of nitrogens with one attached hydrogen (secondary N) is 1. The summed E-state index contributed by atoms with van der Waals surface area (Å²) >= 11 is 0. The number of pyridine rings is 1. The minimum absolute atomic E-state index is 0.121. The fraction of sp³-hybridized carbons (Fsp3) is 0.409. The molecule has 0 aliphatic carbocycles. The maximum Gasteiger partial charge on any atom is 0.227 e. The molecule has 7 nitrogen and oxygen atoms in total. The van der Waals surface area contributed by atoms with Crippen LogP contribution in [0.5, 0.6) is 0 Å². The number of halogens is 1. The van der Waals surface area contributed by atoms with Gasteiger partial charge in [-0.3, -0.25) is 9.59 Å². The summed E-state index contributed by atoms with van der Waals surface area (Å²) in [5.41, 5.74) is 1.90. The fourth-order valence-electron chi connectivity index (χ4n) is 3.72. The second-order valence-electron chi connectivity index (χ2n) is 7.68. The Morgan fingerprint density at radius 3 is 2.77 bits per heavy atom. The van der Waals surface area contributed by atoms with Gasteiger partial charge in [0.05, 0.1) is 19.1 Å². The summed E-state index contributed by atoms with van der Waals surface area (Å²) in [6.45, 7) is 5.31. The number of rotatable bonds is 5. The van der Waals surface area contributed by atoms with Gasteiger partial charge in [0.1, 0.15) is 11.6 Å². The first-order chi connectivity index (χ1) is 14.5. The predicted octanol–water partition coefficient (Wildman–Crippen LogP) is 2.04. The number of carbonyl (C=O) groups excluding carboxylic acids is 2. The molecule has 8 heteroatoms. The number of carbonyl (C=O) groups is 2. The van der Waals surface area contributed by atoms with E-state index in [1.807, 2.05) is 12.1 Å². The first-order valence-electron chi connectivity index (χ1n) is 10.1. The second kappa shape index (κ2) is 8.79. The standard InChI is InChI=1S/C22H25FN4O3/c1-15-2-4-18(11-19(15)23)27-14-17(10-21(27)28)22(29)25-13-16-3-5-20(24-12-16)26-6-8-30-9-7-26/h2-5,11-12,17H,6-10,13-14H2,1H3,(H,25,29)/t17-/m1/s1. The molecule has 2 aliphatic rings. The summed E-state index contributed by atoms with van der Waals surface area (Å²) in [4.78, 5) is 33.0. The summed E-state index contributed by atoms with van der Waals surface area (Å²) in [6, 6.07) is 8.57. The van der Waals surface area contributed by atoms with Gasteiger partial charge in [-0.2, -0.15) is 0 Å². The molecule has 0 unspecified atom stereocenters. The van der Waals surface area contributed by atoms with E-state index in [0.717, 1.165) is 24.5 Å². The zero-order valence-corrected chi connectivity index (χ0v) is 16.9. The molecule has 0 bridgehead atoms. The average molecular weight is 412 g/mol. The van der Waals surface area contributed by atoms with Gasteiger partial charge in [0.15, 0.2) is 0 Å². The molecule has 158 valence electrons. The third-order valence-corrected chi connectivity index (χ3v) is 5.57. The molecule has 0 radical (unpaired) electrons. The molecule has 2 fully saturated rings. The Morgan fingerprint density at radius 2 is 2.07 bits per heavy atom. The number of hydrogen-bond donors (Lipinski definition) is 1. The van der Waals surface area contributed by atoms with Crippen LogP contribution >= 0.6 is 0 Å². The highest BCUT2D eigenvalue weighted by Gasteiger charge is 2.35. The van der Waals surface area contributed by atoms with Crippen LogP contribution in [-0.4, -0.2) is 49.6 Å². The lowest BCUT2D eigenvalue weighted by Gasteiger charge is -2.27. The zero-order chi connectivity index (χ0) is 21.1. The molecule has 3 heterocycles. The van der Waals surface area contributed by atoms with Gasteiger partial charge in [0, 0.05) is 44.5 Å². The summed E-state index contributed by atoms with van der Waals surface area (Å²) in [5, 5.41) is 2.89. The maximum absolute atomic E-state index is 13.8. The van der Waals surface area contributed by atoms with Crippen molar-refractivity contribution in [3.8, 4) is 0 Å². The highest BCUT2D eigenvalue weighted by Crippen LogP contribution is 2.26. The summed E-state index contributed by atoms with van der Waals surface area (Å²) in [5.74, 6) is -0.273. The van der Waals surface area contributed by atoms with Crippen molar-refractivity contribution in [2.24, 2.45) is 5.92 Å². The van der Waals surface area contributed by atoms with Crippen molar-refractivity contribution in [1.29, 1.82) is 0 Å². The molecule has 1 aromatic heterocycles. The monoisotopic (exact) mass is 412 g/mol. The van der Waals surface area contributed by atoms with Crippen molar-refractivity contribution >= 4 is 23.3 Å². The first kappa shape index (κ1) is 20.3. The Hall–Kier alpha value is -3.00. The van der Waals surface area contributed by atoms with Crippen molar-refractivity contribution in [3.63, 3.8) is 0 Å². The number of anilines is 2. The predicted molar refractivity (Wildman–Crippen MR) is 111 cm³/mol. The summed E-state index contributed by atoms with van der Waals surface area (Å²) in [6.07, 6.45) is 1.88. The van der Waals surface area contributed by atoms with E-state index in [2.05, 4.69) is 15.2 Å². The first-order valence-corrected chi connectivity index (χ1v) is 10.1. The van der Waals surface area contributed by atoms with Crippen molar-refractivity contribution in [1.82, 2.24) is 10.3 Å². The number of nitrogens with zero attached hydrogens (tertiary/aromatic N) is 3. The van der Waals surface area contributed by atoms with Crippen molar-refractivity contribution < 1.29 is 18.7 Å². The van der Waals surface area contributed by atoms with Crippen LogP contribution in [0.15, 0.2) is 36.5 Å². The van der Waals surface area contributed by atoms with Crippen LogP contribution in [0.2, 0.25) is 0 Å². The van der Waals surface area contributed by atoms with Crippen molar-refractivity contribution in [2.75, 3.05) is 42.6 Å². The van der Waals surface area contributed by atoms with E-state index in [0.29, 0.717) is 31.0 Å². The molecule has 0 saturated carbocycles. The van der Waals surface area contributed by atoms with Crippen LogP contribution < -0.4 is 15.1 Å². The van der Waals surface area contributed by atoms with Crippen LogP contribution in [-0.2, 0) is 20.9 Å². The highest BCUT2D eigenvalue weighted by molar-refractivity contribution is 6.00. The fourth-order valence-corrected chi connectivity index (χ4v) is 3.72. The van der Waals surface area contributed by atoms with E-state index >= 15 is 0 Å². The van der Waals surface area contributed by atoms with Crippen molar-refractivity contribution in [2.45, 2.75) is 19.9 Å². The average Bonchev–Trinajstić information content (AvgIpc) is 3.17. The lowest BCUT2D eigenvalue weighted by molar-refractivity contribution is -0.126. The molecular weight excluding hydrogens is 387 g/mol. The summed E-state index contributed by atoms with van der Waals surface area (Å²) in [7, 11) is 0. The van der Waals surface area contributed by atoms with E-state index in [1.165, 1.54) is 11.0 Å². The van der Waals surface area contributed by atoms with Crippen LogP contribution in [0.4, 0.5) is 15.9 Å². The Labute approximate surface area is 174 Å². The maximum atomic E-state index is 13.8. The zero-order valence-electron chi connectivity index (χ0n) is 16.9. The summed E-state index contributed by atoms with van der Waals surface area (Å²) < 4.78 is 19.2. The SMILES string of the molecule is Cc1ccc(N2C[C@H](C(=O)NCc3ccc(N4CCOCC4)nc3)CC2=O)cc1F. The molecule has 1 N–H and O–H groups in total. The molecule has 2 aromatic rings. The molecule has 1 atom stereocenters. The minimum Gasteiger partial charge on any atom is -0.378 e. The van der Waals surface area contributed by atoms with Gasteiger partial charge in [-0.15, -0.1) is 0 Å². The number of hydrogen-bond acceptors (Lipinski definition) is 5. The molecule has 2 amide bonds. The lowest BCUT2D eigenvalue weighted by Crippen LogP contribution is -2.36. The van der Waals surface area contributed by atoms with E-state index in [1.54, 1.807) is 25.3 Å². The quantitative estimate of drug-likeness (QED) is 0.814. The van der Waals surface area contributed by atoms with Gasteiger partial charge in [0.25, 0.3) is 0 Å². The van der Waals surface area contributed by atoms with E-state index < -0.39 is 5.92 Å².